The SMILES string of the molecule is O=Cc1ncn2c1CCc1cc(CCC3CCCCC3)ccc1-2. The Bertz CT molecular complexity index is 710. The van der Waals surface area contributed by atoms with Gasteiger partial charge in [-0.25, -0.2) is 4.98 Å². The Morgan fingerprint density at radius 3 is 2.87 bits per heavy atom. The van der Waals surface area contributed by atoms with Crippen molar-refractivity contribution in [3.8, 4) is 5.69 Å². The maximum Gasteiger partial charge on any atom is 0.170 e. The number of fused-ring (bicyclic) bond motifs is 3. The molecule has 3 heteroatoms. The minimum atomic E-state index is 0.594. The van der Waals surface area contributed by atoms with Gasteiger partial charge in [-0.1, -0.05) is 44.2 Å². The van der Waals surface area contributed by atoms with E-state index in [1.807, 2.05) is 0 Å². The van der Waals surface area contributed by atoms with E-state index in [0.717, 1.165) is 30.7 Å². The molecule has 1 aromatic carbocycles. The van der Waals surface area contributed by atoms with E-state index in [-0.39, 0.29) is 0 Å². The molecule has 0 atom stereocenters. The molecule has 23 heavy (non-hydrogen) atoms. The maximum atomic E-state index is 11.1. The summed E-state index contributed by atoms with van der Waals surface area (Å²) in [5, 5.41) is 0. The van der Waals surface area contributed by atoms with Gasteiger partial charge in [-0.05, 0) is 48.8 Å². The van der Waals surface area contributed by atoms with Crippen LogP contribution in [0.1, 0.15) is 65.8 Å². The van der Waals surface area contributed by atoms with E-state index in [0.29, 0.717) is 5.69 Å². The van der Waals surface area contributed by atoms with Crippen LogP contribution < -0.4 is 0 Å². The Morgan fingerprint density at radius 2 is 2.04 bits per heavy atom. The molecule has 0 radical (unpaired) electrons. The van der Waals surface area contributed by atoms with Crippen LogP contribution in [0.4, 0.5) is 0 Å². The summed E-state index contributed by atoms with van der Waals surface area (Å²) in [4.78, 5) is 15.3. The lowest BCUT2D eigenvalue weighted by molar-refractivity contribution is 0.111. The number of imidazole rings is 1. The molecule has 1 fully saturated rings. The lowest BCUT2D eigenvalue weighted by Crippen LogP contribution is -2.13. The average molecular weight is 308 g/mol. The first-order chi connectivity index (χ1) is 11.3. The number of aldehydes is 1. The minimum Gasteiger partial charge on any atom is -0.302 e. The number of aryl methyl sites for hydroxylation is 2. The third kappa shape index (κ3) is 2.85. The second-order valence-electron chi connectivity index (χ2n) is 7.07. The number of aromatic nitrogens is 2. The van der Waals surface area contributed by atoms with Crippen molar-refractivity contribution in [2.24, 2.45) is 5.92 Å². The smallest absolute Gasteiger partial charge is 0.170 e. The number of carbonyl (C=O) groups excluding carboxylic acids is 1. The van der Waals surface area contributed by atoms with E-state index in [9.17, 15) is 4.79 Å². The van der Waals surface area contributed by atoms with Gasteiger partial charge in [0.15, 0.2) is 6.29 Å². The van der Waals surface area contributed by atoms with Crippen molar-refractivity contribution in [3.05, 3.63) is 47.0 Å². The van der Waals surface area contributed by atoms with Crippen LogP contribution in [0, 0.1) is 5.92 Å². The van der Waals surface area contributed by atoms with E-state index in [4.69, 9.17) is 0 Å². The maximum absolute atomic E-state index is 11.1. The highest BCUT2D eigenvalue weighted by Crippen LogP contribution is 2.30. The number of nitrogens with zero attached hydrogens (tertiary/aromatic N) is 2. The van der Waals surface area contributed by atoms with Gasteiger partial charge < -0.3 is 4.57 Å². The van der Waals surface area contributed by atoms with Crippen molar-refractivity contribution < 1.29 is 4.79 Å². The highest BCUT2D eigenvalue weighted by molar-refractivity contribution is 5.74. The van der Waals surface area contributed by atoms with Gasteiger partial charge in [-0.15, -0.1) is 0 Å². The van der Waals surface area contributed by atoms with Gasteiger partial charge in [0.25, 0.3) is 0 Å². The Hall–Kier alpha value is -1.90. The minimum absolute atomic E-state index is 0.594. The molecule has 0 bridgehead atoms. The molecule has 4 rings (SSSR count). The van der Waals surface area contributed by atoms with Crippen LogP contribution in [0.15, 0.2) is 24.5 Å². The molecule has 1 saturated carbocycles. The molecule has 1 aliphatic carbocycles. The quantitative estimate of drug-likeness (QED) is 0.789. The largest absolute Gasteiger partial charge is 0.302 e. The number of hydrogen-bond acceptors (Lipinski definition) is 2. The van der Waals surface area contributed by atoms with Crippen LogP contribution in [0.5, 0.6) is 0 Å². The van der Waals surface area contributed by atoms with Gasteiger partial charge in [0.1, 0.15) is 12.0 Å². The Labute approximate surface area is 137 Å². The van der Waals surface area contributed by atoms with Crippen LogP contribution in [-0.2, 0) is 19.3 Å². The molecular formula is C20H24N2O. The molecular weight excluding hydrogens is 284 g/mol. The third-order valence-electron chi connectivity index (χ3n) is 5.61. The summed E-state index contributed by atoms with van der Waals surface area (Å²) >= 11 is 0. The van der Waals surface area contributed by atoms with E-state index in [1.165, 1.54) is 61.8 Å². The monoisotopic (exact) mass is 308 g/mol. The Morgan fingerprint density at radius 1 is 1.17 bits per heavy atom. The fourth-order valence-electron chi connectivity index (χ4n) is 4.27. The normalized spacial score (nSPS) is 17.6. The highest BCUT2D eigenvalue weighted by atomic mass is 16.1. The standard InChI is InChI=1S/C20H24N2O/c23-13-18-20-11-9-17-12-16(7-6-15-4-2-1-3-5-15)8-10-19(17)22(20)14-21-18/h8,10,12-15H,1-7,9,11H2. The van der Waals surface area contributed by atoms with Crippen molar-refractivity contribution in [2.45, 2.75) is 57.8 Å². The molecule has 2 aliphatic rings. The van der Waals surface area contributed by atoms with Crippen molar-refractivity contribution in [3.63, 3.8) is 0 Å². The Kier molecular flexibility index (Phi) is 4.02. The number of hydrogen-bond donors (Lipinski definition) is 0. The van der Waals surface area contributed by atoms with E-state index in [1.54, 1.807) is 6.33 Å². The topological polar surface area (TPSA) is 34.9 Å². The van der Waals surface area contributed by atoms with Gasteiger partial charge in [0.05, 0.1) is 11.4 Å². The third-order valence-corrected chi connectivity index (χ3v) is 5.61. The average Bonchev–Trinajstić information content (AvgIpc) is 3.04. The summed E-state index contributed by atoms with van der Waals surface area (Å²) in [6, 6.07) is 6.85. The van der Waals surface area contributed by atoms with Crippen molar-refractivity contribution in [1.82, 2.24) is 9.55 Å². The molecule has 1 aromatic heterocycles. The fourth-order valence-corrected chi connectivity index (χ4v) is 4.27. The van der Waals surface area contributed by atoms with Crippen LogP contribution in [0.2, 0.25) is 0 Å². The fraction of sp³-hybridized carbons (Fsp3) is 0.500. The zero-order valence-corrected chi connectivity index (χ0v) is 13.6. The van der Waals surface area contributed by atoms with Gasteiger partial charge in [0.2, 0.25) is 0 Å². The van der Waals surface area contributed by atoms with Crippen LogP contribution >= 0.6 is 0 Å². The molecule has 2 aromatic rings. The molecule has 3 nitrogen and oxygen atoms in total. The summed E-state index contributed by atoms with van der Waals surface area (Å²) < 4.78 is 2.09. The van der Waals surface area contributed by atoms with E-state index < -0.39 is 0 Å². The van der Waals surface area contributed by atoms with Crippen molar-refractivity contribution in [1.29, 1.82) is 0 Å². The summed E-state index contributed by atoms with van der Waals surface area (Å²) in [6.45, 7) is 0. The van der Waals surface area contributed by atoms with E-state index >= 15 is 0 Å². The van der Waals surface area contributed by atoms with E-state index in [2.05, 4.69) is 27.8 Å². The highest BCUT2D eigenvalue weighted by Gasteiger charge is 2.20. The van der Waals surface area contributed by atoms with Gasteiger partial charge in [-0.2, -0.15) is 0 Å². The first-order valence-corrected chi connectivity index (χ1v) is 8.99. The summed E-state index contributed by atoms with van der Waals surface area (Å²) in [7, 11) is 0. The van der Waals surface area contributed by atoms with Crippen molar-refractivity contribution >= 4 is 6.29 Å². The summed E-state index contributed by atoms with van der Waals surface area (Å²) in [6.07, 6.45) is 14.3. The van der Waals surface area contributed by atoms with Crippen LogP contribution in [0.25, 0.3) is 5.69 Å². The summed E-state index contributed by atoms with van der Waals surface area (Å²) in [5.74, 6) is 0.940. The summed E-state index contributed by atoms with van der Waals surface area (Å²) in [5.41, 5.74) is 5.72. The molecule has 1 aliphatic heterocycles. The molecule has 2 heterocycles. The van der Waals surface area contributed by atoms with Crippen molar-refractivity contribution in [2.75, 3.05) is 0 Å². The second-order valence-corrected chi connectivity index (χ2v) is 7.07. The van der Waals surface area contributed by atoms with Gasteiger partial charge in [0, 0.05) is 0 Å². The zero-order valence-electron chi connectivity index (χ0n) is 13.6. The van der Waals surface area contributed by atoms with Crippen LogP contribution in [-0.4, -0.2) is 15.8 Å². The molecule has 0 amide bonds. The molecule has 0 N–H and O–H groups in total. The first kappa shape index (κ1) is 14.7. The molecule has 0 unspecified atom stereocenters. The second kappa shape index (κ2) is 6.31. The first-order valence-electron chi connectivity index (χ1n) is 8.99. The Balaban J connectivity index is 1.51. The van der Waals surface area contributed by atoms with Gasteiger partial charge >= 0.3 is 0 Å². The van der Waals surface area contributed by atoms with Crippen LogP contribution in [0.3, 0.4) is 0 Å². The molecule has 0 spiro atoms. The predicted molar refractivity (Wildman–Crippen MR) is 91.3 cm³/mol. The molecule has 120 valence electrons. The lowest BCUT2D eigenvalue weighted by Gasteiger charge is -2.22. The number of rotatable bonds is 4. The number of carbonyl (C=O) groups is 1. The van der Waals surface area contributed by atoms with Gasteiger partial charge in [-0.3, -0.25) is 4.79 Å². The predicted octanol–water partition coefficient (Wildman–Crippen LogP) is 4.30. The lowest BCUT2D eigenvalue weighted by atomic mass is 9.85. The molecule has 0 saturated heterocycles. The number of benzene rings is 1. The zero-order chi connectivity index (χ0) is 15.6.